The average Bonchev–Trinajstić information content (AvgIpc) is 3.15. The Morgan fingerprint density at radius 3 is 1.06 bits per heavy atom. The van der Waals surface area contributed by atoms with Gasteiger partial charge in [-0.15, -0.1) is 0 Å². The zero-order valence-corrected chi connectivity index (χ0v) is 36.8. The minimum Gasteiger partial charge on any atom is -0.462 e. The van der Waals surface area contributed by atoms with Crippen LogP contribution in [0.15, 0.2) is 0 Å². The summed E-state index contributed by atoms with van der Waals surface area (Å²) in [6, 6.07) is 0. The van der Waals surface area contributed by atoms with Gasteiger partial charge in [-0.3, -0.25) is 14.4 Å². The van der Waals surface area contributed by atoms with Gasteiger partial charge in [0.2, 0.25) is 0 Å². The Morgan fingerprint density at radius 1 is 0.389 bits per heavy atom. The monoisotopic (exact) mass is 765 g/mol. The lowest BCUT2D eigenvalue weighted by molar-refractivity contribution is -0.167. The maximum absolute atomic E-state index is 12.7. The van der Waals surface area contributed by atoms with Crippen molar-refractivity contribution in [3.8, 4) is 0 Å². The van der Waals surface area contributed by atoms with Crippen LogP contribution in [0, 0.1) is 11.8 Å². The van der Waals surface area contributed by atoms with Crippen molar-refractivity contribution in [3.05, 3.63) is 0 Å². The van der Waals surface area contributed by atoms with Crippen molar-refractivity contribution < 1.29 is 28.6 Å². The zero-order valence-electron chi connectivity index (χ0n) is 36.8. The summed E-state index contributed by atoms with van der Waals surface area (Å²) in [6.07, 6.45) is 39.6. The molecule has 0 aliphatic carbocycles. The Hall–Kier alpha value is -1.59. The molecule has 54 heavy (non-hydrogen) atoms. The summed E-state index contributed by atoms with van der Waals surface area (Å²) < 4.78 is 16.7. The van der Waals surface area contributed by atoms with Crippen molar-refractivity contribution in [3.63, 3.8) is 0 Å². The number of unbranched alkanes of at least 4 members (excludes halogenated alkanes) is 26. The van der Waals surface area contributed by atoms with E-state index in [0.29, 0.717) is 19.3 Å². The highest BCUT2D eigenvalue weighted by atomic mass is 16.6. The van der Waals surface area contributed by atoms with E-state index in [1.54, 1.807) is 0 Å². The third kappa shape index (κ3) is 40.1. The van der Waals surface area contributed by atoms with Gasteiger partial charge in [-0.2, -0.15) is 0 Å². The fourth-order valence-electron chi connectivity index (χ4n) is 7.07. The van der Waals surface area contributed by atoms with E-state index in [4.69, 9.17) is 14.2 Å². The predicted molar refractivity (Wildman–Crippen MR) is 229 cm³/mol. The Labute approximate surface area is 336 Å². The van der Waals surface area contributed by atoms with Crippen LogP contribution in [0.5, 0.6) is 0 Å². The molecule has 320 valence electrons. The molecule has 0 aliphatic rings. The van der Waals surface area contributed by atoms with Crippen LogP contribution in [-0.2, 0) is 28.6 Å². The Balaban J connectivity index is 4.20. The Bertz CT molecular complexity index is 826. The topological polar surface area (TPSA) is 78.9 Å². The second-order valence-electron chi connectivity index (χ2n) is 17.1. The van der Waals surface area contributed by atoms with E-state index < -0.39 is 6.10 Å². The largest absolute Gasteiger partial charge is 0.462 e. The summed E-state index contributed by atoms with van der Waals surface area (Å²) in [5.74, 6) is 0.826. The fraction of sp³-hybridized carbons (Fsp3) is 0.938. The first-order valence-corrected chi connectivity index (χ1v) is 23.8. The molecule has 0 rings (SSSR count). The standard InChI is InChI=1S/C48H92O6/c1-6-8-9-10-21-28-33-38-46(49)52-41-45(54-48(51)40-35-30-25-20-19-22-26-31-36-43(3)4)42-53-47(50)39-34-29-24-18-16-14-12-11-13-15-17-23-27-32-37-44(5)7-2/h43-45H,6-42H2,1-5H3/t44?,45-/m1/s1. The molecular formula is C48H92O6. The lowest BCUT2D eigenvalue weighted by atomic mass is 9.99. The van der Waals surface area contributed by atoms with Crippen LogP contribution in [0.2, 0.25) is 0 Å². The molecule has 0 heterocycles. The highest BCUT2D eigenvalue weighted by Gasteiger charge is 2.19. The second kappa shape index (κ2) is 41.1. The summed E-state index contributed by atoms with van der Waals surface area (Å²) in [7, 11) is 0. The van der Waals surface area contributed by atoms with Crippen molar-refractivity contribution in [1.29, 1.82) is 0 Å². The first-order valence-electron chi connectivity index (χ1n) is 23.8. The average molecular weight is 765 g/mol. The van der Waals surface area contributed by atoms with E-state index >= 15 is 0 Å². The molecule has 6 nitrogen and oxygen atoms in total. The minimum absolute atomic E-state index is 0.0652. The summed E-state index contributed by atoms with van der Waals surface area (Å²) in [6.45, 7) is 11.3. The molecule has 6 heteroatoms. The van der Waals surface area contributed by atoms with Gasteiger partial charge in [0, 0.05) is 19.3 Å². The van der Waals surface area contributed by atoms with Crippen LogP contribution < -0.4 is 0 Å². The van der Waals surface area contributed by atoms with Gasteiger partial charge >= 0.3 is 17.9 Å². The van der Waals surface area contributed by atoms with Crippen molar-refractivity contribution in [2.45, 2.75) is 265 Å². The minimum atomic E-state index is -0.759. The van der Waals surface area contributed by atoms with Crippen molar-refractivity contribution in [2.75, 3.05) is 13.2 Å². The number of carbonyl (C=O) groups is 3. The molecule has 0 radical (unpaired) electrons. The molecule has 0 fully saturated rings. The highest BCUT2D eigenvalue weighted by Crippen LogP contribution is 2.17. The van der Waals surface area contributed by atoms with Crippen molar-refractivity contribution >= 4 is 17.9 Å². The van der Waals surface area contributed by atoms with Crippen LogP contribution in [0.25, 0.3) is 0 Å². The van der Waals surface area contributed by atoms with Gasteiger partial charge in [0.15, 0.2) is 6.10 Å². The van der Waals surface area contributed by atoms with Gasteiger partial charge in [0.25, 0.3) is 0 Å². The Morgan fingerprint density at radius 2 is 0.704 bits per heavy atom. The first-order chi connectivity index (χ1) is 26.3. The van der Waals surface area contributed by atoms with Crippen LogP contribution in [0.4, 0.5) is 0 Å². The van der Waals surface area contributed by atoms with Crippen molar-refractivity contribution in [1.82, 2.24) is 0 Å². The van der Waals surface area contributed by atoms with Crippen LogP contribution in [-0.4, -0.2) is 37.2 Å². The molecular weight excluding hydrogens is 673 g/mol. The van der Waals surface area contributed by atoms with Gasteiger partial charge in [0.1, 0.15) is 13.2 Å². The predicted octanol–water partition coefficient (Wildman–Crippen LogP) is 15.0. The van der Waals surface area contributed by atoms with E-state index in [1.165, 1.54) is 148 Å². The molecule has 0 aliphatic heterocycles. The van der Waals surface area contributed by atoms with Crippen LogP contribution in [0.3, 0.4) is 0 Å². The SMILES string of the molecule is CCCCCCCCCC(=O)OC[C@H](COC(=O)CCCCCCCCCCCCCCCCC(C)CC)OC(=O)CCCCCCCCCCC(C)C. The van der Waals surface area contributed by atoms with Gasteiger partial charge < -0.3 is 14.2 Å². The molecule has 2 atom stereocenters. The lowest BCUT2D eigenvalue weighted by Crippen LogP contribution is -2.30. The van der Waals surface area contributed by atoms with Gasteiger partial charge in [-0.05, 0) is 31.1 Å². The lowest BCUT2D eigenvalue weighted by Gasteiger charge is -2.18. The molecule has 0 N–H and O–H groups in total. The van der Waals surface area contributed by atoms with Crippen molar-refractivity contribution in [2.24, 2.45) is 11.8 Å². The molecule has 0 bridgehead atoms. The summed E-state index contributed by atoms with van der Waals surface area (Å²) in [5, 5.41) is 0. The van der Waals surface area contributed by atoms with E-state index in [9.17, 15) is 14.4 Å². The molecule has 0 aromatic rings. The third-order valence-corrected chi connectivity index (χ3v) is 11.1. The number of hydrogen-bond donors (Lipinski definition) is 0. The quantitative estimate of drug-likeness (QED) is 0.0350. The number of rotatable bonds is 42. The molecule has 0 saturated heterocycles. The van der Waals surface area contributed by atoms with E-state index in [1.807, 2.05) is 0 Å². The first kappa shape index (κ1) is 52.4. The second-order valence-corrected chi connectivity index (χ2v) is 17.1. The molecule has 1 unspecified atom stereocenters. The maximum Gasteiger partial charge on any atom is 0.306 e. The summed E-state index contributed by atoms with van der Waals surface area (Å²) >= 11 is 0. The summed E-state index contributed by atoms with van der Waals surface area (Å²) in [5.41, 5.74) is 0. The molecule has 0 aromatic carbocycles. The van der Waals surface area contributed by atoms with Gasteiger partial charge in [-0.25, -0.2) is 0 Å². The number of carbonyl (C=O) groups excluding carboxylic acids is 3. The highest BCUT2D eigenvalue weighted by molar-refractivity contribution is 5.71. The maximum atomic E-state index is 12.7. The van der Waals surface area contributed by atoms with Crippen LogP contribution >= 0.6 is 0 Å². The molecule has 0 aromatic heterocycles. The molecule has 0 amide bonds. The van der Waals surface area contributed by atoms with Crippen LogP contribution in [0.1, 0.15) is 259 Å². The smallest absolute Gasteiger partial charge is 0.306 e. The third-order valence-electron chi connectivity index (χ3n) is 11.1. The Kier molecular flexibility index (Phi) is 39.8. The van der Waals surface area contributed by atoms with E-state index in [0.717, 1.165) is 69.6 Å². The fourth-order valence-corrected chi connectivity index (χ4v) is 7.07. The van der Waals surface area contributed by atoms with Gasteiger partial charge in [0.05, 0.1) is 0 Å². The normalized spacial score (nSPS) is 12.6. The molecule has 0 spiro atoms. The van der Waals surface area contributed by atoms with E-state index in [-0.39, 0.29) is 31.1 Å². The molecule has 0 saturated carbocycles. The number of hydrogen-bond acceptors (Lipinski definition) is 6. The van der Waals surface area contributed by atoms with Gasteiger partial charge in [-0.1, -0.05) is 221 Å². The number of esters is 3. The zero-order chi connectivity index (χ0) is 39.7. The van der Waals surface area contributed by atoms with E-state index in [2.05, 4.69) is 34.6 Å². The number of ether oxygens (including phenoxy) is 3. The summed E-state index contributed by atoms with van der Waals surface area (Å²) in [4.78, 5) is 37.6.